The fourth-order valence-corrected chi connectivity index (χ4v) is 3.14. The van der Waals surface area contributed by atoms with Crippen LogP contribution in [0.15, 0.2) is 83.1 Å². The largest absolute Gasteiger partial charge is 0.422 e. The van der Waals surface area contributed by atoms with Crippen molar-refractivity contribution in [3.8, 4) is 11.4 Å². The first-order valence-electron chi connectivity index (χ1n) is 8.69. The number of benzene rings is 2. The van der Waals surface area contributed by atoms with Crippen molar-refractivity contribution < 1.29 is 4.42 Å². The van der Waals surface area contributed by atoms with Crippen LogP contribution in [0.4, 0.5) is 5.69 Å². The highest BCUT2D eigenvalue weighted by molar-refractivity contribution is 5.85. The van der Waals surface area contributed by atoms with Crippen LogP contribution in [0.3, 0.4) is 0 Å². The maximum atomic E-state index is 12.6. The third-order valence-corrected chi connectivity index (χ3v) is 4.43. The fraction of sp³-hybridized carbons (Fsp3) is 0.0909. The third-order valence-electron chi connectivity index (χ3n) is 4.43. The average Bonchev–Trinajstić information content (AvgIpc) is 3.10. The van der Waals surface area contributed by atoms with Crippen molar-refractivity contribution in [3.05, 3.63) is 84.3 Å². The number of para-hydroxylation sites is 2. The Bertz CT molecular complexity index is 1160. The molecular weight excluding hydrogens is 338 g/mol. The lowest BCUT2D eigenvalue weighted by molar-refractivity contribution is 0.563. The second-order valence-electron chi connectivity index (χ2n) is 6.25. The number of hydrogen-bond donors (Lipinski definition) is 1. The smallest absolute Gasteiger partial charge is 0.347 e. The van der Waals surface area contributed by atoms with Crippen LogP contribution in [0, 0.1) is 0 Å². The van der Waals surface area contributed by atoms with Gasteiger partial charge in [-0.15, -0.1) is 13.2 Å². The predicted molar refractivity (Wildman–Crippen MR) is 110 cm³/mol. The van der Waals surface area contributed by atoms with E-state index in [0.29, 0.717) is 30.1 Å². The molecule has 2 aromatic carbocycles. The van der Waals surface area contributed by atoms with Gasteiger partial charge >= 0.3 is 5.63 Å². The Balaban J connectivity index is 1.80. The van der Waals surface area contributed by atoms with Gasteiger partial charge in [0.25, 0.3) is 0 Å². The SMILES string of the molecule is C=CCN(CC=C)c1ccc2cc(-c3nc4ccccc4[nH]3)c(=O)oc2c1. The number of aromatic nitrogens is 2. The molecule has 0 spiro atoms. The molecule has 0 fully saturated rings. The molecule has 0 bridgehead atoms. The number of anilines is 1. The summed E-state index contributed by atoms with van der Waals surface area (Å²) in [5.74, 6) is 0.510. The van der Waals surface area contributed by atoms with E-state index >= 15 is 0 Å². The van der Waals surface area contributed by atoms with Crippen molar-refractivity contribution in [2.75, 3.05) is 18.0 Å². The molecule has 0 saturated carbocycles. The highest BCUT2D eigenvalue weighted by Crippen LogP contribution is 2.25. The third kappa shape index (κ3) is 3.15. The first kappa shape index (κ1) is 16.8. The number of nitrogens with zero attached hydrogens (tertiary/aromatic N) is 2. The Morgan fingerprint density at radius 1 is 1.07 bits per heavy atom. The van der Waals surface area contributed by atoms with Crippen LogP contribution < -0.4 is 10.5 Å². The zero-order chi connectivity index (χ0) is 18.8. The molecule has 0 radical (unpaired) electrons. The van der Waals surface area contributed by atoms with Gasteiger partial charge in [0, 0.05) is 30.2 Å². The van der Waals surface area contributed by atoms with Crippen LogP contribution in [0.25, 0.3) is 33.4 Å². The van der Waals surface area contributed by atoms with Gasteiger partial charge in [-0.2, -0.15) is 0 Å². The van der Waals surface area contributed by atoms with Gasteiger partial charge < -0.3 is 14.3 Å². The minimum absolute atomic E-state index is 0.417. The summed E-state index contributed by atoms with van der Waals surface area (Å²) in [5, 5.41) is 0.839. The first-order valence-corrected chi connectivity index (χ1v) is 8.69. The summed E-state index contributed by atoms with van der Waals surface area (Å²) in [6, 6.07) is 15.3. The van der Waals surface area contributed by atoms with Crippen LogP contribution in [0.5, 0.6) is 0 Å². The Labute approximate surface area is 156 Å². The van der Waals surface area contributed by atoms with Crippen molar-refractivity contribution in [1.29, 1.82) is 0 Å². The van der Waals surface area contributed by atoms with Gasteiger partial charge in [0.05, 0.1) is 11.0 Å². The molecule has 5 heteroatoms. The zero-order valence-corrected chi connectivity index (χ0v) is 14.8. The van der Waals surface area contributed by atoms with Crippen LogP contribution in [-0.4, -0.2) is 23.1 Å². The Morgan fingerprint density at radius 3 is 2.59 bits per heavy atom. The first-order chi connectivity index (χ1) is 13.2. The lowest BCUT2D eigenvalue weighted by atomic mass is 10.1. The van der Waals surface area contributed by atoms with E-state index in [0.717, 1.165) is 22.1 Å². The molecule has 1 N–H and O–H groups in total. The summed E-state index contributed by atoms with van der Waals surface area (Å²) in [5.41, 5.74) is 3.18. The summed E-state index contributed by atoms with van der Waals surface area (Å²) < 4.78 is 5.60. The van der Waals surface area contributed by atoms with Crippen molar-refractivity contribution in [2.24, 2.45) is 0 Å². The van der Waals surface area contributed by atoms with E-state index in [1.54, 1.807) is 0 Å². The molecule has 0 amide bonds. The van der Waals surface area contributed by atoms with E-state index < -0.39 is 5.63 Å². The molecule has 134 valence electrons. The maximum Gasteiger partial charge on any atom is 0.347 e. The number of nitrogens with one attached hydrogen (secondary N) is 1. The molecule has 0 aliphatic carbocycles. The highest BCUT2D eigenvalue weighted by Gasteiger charge is 2.13. The quantitative estimate of drug-likeness (QED) is 0.407. The van der Waals surface area contributed by atoms with Crippen molar-refractivity contribution in [2.45, 2.75) is 0 Å². The van der Waals surface area contributed by atoms with Gasteiger partial charge in [-0.05, 0) is 30.3 Å². The van der Waals surface area contributed by atoms with Crippen LogP contribution in [0.1, 0.15) is 0 Å². The Kier molecular flexibility index (Phi) is 4.34. The molecule has 27 heavy (non-hydrogen) atoms. The number of fused-ring (bicyclic) bond motifs is 2. The lowest BCUT2D eigenvalue weighted by Crippen LogP contribution is -2.22. The van der Waals surface area contributed by atoms with E-state index in [-0.39, 0.29) is 0 Å². The molecule has 0 atom stereocenters. The average molecular weight is 357 g/mol. The maximum absolute atomic E-state index is 12.6. The second-order valence-corrected chi connectivity index (χ2v) is 6.25. The summed E-state index contributed by atoms with van der Waals surface area (Å²) in [4.78, 5) is 22.3. The van der Waals surface area contributed by atoms with Crippen LogP contribution in [-0.2, 0) is 0 Å². The molecule has 5 nitrogen and oxygen atoms in total. The van der Waals surface area contributed by atoms with E-state index in [1.165, 1.54) is 0 Å². The van der Waals surface area contributed by atoms with Gasteiger partial charge in [0.2, 0.25) is 0 Å². The fourth-order valence-electron chi connectivity index (χ4n) is 3.14. The Morgan fingerprint density at radius 2 is 1.85 bits per heavy atom. The molecule has 0 aliphatic heterocycles. The summed E-state index contributed by atoms with van der Waals surface area (Å²) in [7, 11) is 0. The van der Waals surface area contributed by atoms with Gasteiger partial charge in [0.1, 0.15) is 17.0 Å². The topological polar surface area (TPSA) is 62.1 Å². The molecule has 2 aromatic heterocycles. The molecule has 2 heterocycles. The molecular formula is C22H19N3O2. The number of rotatable bonds is 6. The van der Waals surface area contributed by atoms with Crippen LogP contribution in [0.2, 0.25) is 0 Å². The lowest BCUT2D eigenvalue weighted by Gasteiger charge is -2.21. The summed E-state index contributed by atoms with van der Waals surface area (Å²) in [6.45, 7) is 8.93. The molecule has 4 rings (SSSR count). The normalized spacial score (nSPS) is 11.0. The summed E-state index contributed by atoms with van der Waals surface area (Å²) >= 11 is 0. The van der Waals surface area contributed by atoms with E-state index in [4.69, 9.17) is 4.42 Å². The van der Waals surface area contributed by atoms with Crippen molar-refractivity contribution in [3.63, 3.8) is 0 Å². The number of imidazole rings is 1. The Hall–Kier alpha value is -3.60. The van der Waals surface area contributed by atoms with Crippen molar-refractivity contribution in [1.82, 2.24) is 9.97 Å². The molecule has 0 aliphatic rings. The van der Waals surface area contributed by atoms with Crippen molar-refractivity contribution >= 4 is 27.7 Å². The van der Waals surface area contributed by atoms with E-state index in [1.807, 2.05) is 60.7 Å². The molecule has 4 aromatic rings. The zero-order valence-electron chi connectivity index (χ0n) is 14.8. The number of H-pyrrole nitrogens is 1. The number of hydrogen-bond acceptors (Lipinski definition) is 4. The van der Waals surface area contributed by atoms with Gasteiger partial charge in [-0.3, -0.25) is 0 Å². The summed E-state index contributed by atoms with van der Waals surface area (Å²) in [6.07, 6.45) is 3.66. The molecule has 0 saturated heterocycles. The van der Waals surface area contributed by atoms with E-state index in [2.05, 4.69) is 28.0 Å². The standard InChI is InChI=1S/C22H19N3O2/c1-3-11-25(12-4-2)16-10-9-15-13-17(22(26)27-20(15)14-16)21-23-18-7-5-6-8-19(18)24-21/h3-10,13-14H,1-2,11-12H2,(H,23,24). The minimum atomic E-state index is -0.419. The number of aromatic amines is 1. The van der Waals surface area contributed by atoms with Gasteiger partial charge in [0.15, 0.2) is 0 Å². The highest BCUT2D eigenvalue weighted by atomic mass is 16.4. The second kappa shape index (κ2) is 6.96. The van der Waals surface area contributed by atoms with Gasteiger partial charge in [-0.25, -0.2) is 9.78 Å². The minimum Gasteiger partial charge on any atom is -0.422 e. The van der Waals surface area contributed by atoms with Crippen LogP contribution >= 0.6 is 0 Å². The molecule has 0 unspecified atom stereocenters. The monoisotopic (exact) mass is 357 g/mol. The van der Waals surface area contributed by atoms with E-state index in [9.17, 15) is 4.79 Å². The predicted octanol–water partition coefficient (Wildman–Crippen LogP) is 4.51. The van der Waals surface area contributed by atoms with Gasteiger partial charge in [-0.1, -0.05) is 24.3 Å².